The Morgan fingerprint density at radius 2 is 1.82 bits per heavy atom. The van der Waals surface area contributed by atoms with E-state index < -0.39 is 10.0 Å². The first kappa shape index (κ1) is 22.3. The van der Waals surface area contributed by atoms with Crippen molar-refractivity contribution in [3.05, 3.63) is 53.6 Å². The largest absolute Gasteiger partial charge is 0.492 e. The molecular formula is C20H26N2O4S2. The first-order valence-corrected chi connectivity index (χ1v) is 11.5. The van der Waals surface area contributed by atoms with Crippen molar-refractivity contribution in [1.82, 2.24) is 4.31 Å². The number of hydrogen-bond donors (Lipinski definition) is 1. The summed E-state index contributed by atoms with van der Waals surface area (Å²) in [6.07, 6.45) is 0. The molecule has 8 heteroatoms. The van der Waals surface area contributed by atoms with E-state index in [1.54, 1.807) is 19.1 Å². The first-order valence-electron chi connectivity index (χ1n) is 8.86. The molecular weight excluding hydrogens is 396 g/mol. The Balaban J connectivity index is 2.04. The number of nitrogens with zero attached hydrogens (tertiary/aromatic N) is 1. The van der Waals surface area contributed by atoms with Crippen LogP contribution in [0.2, 0.25) is 0 Å². The van der Waals surface area contributed by atoms with Crippen LogP contribution < -0.4 is 10.1 Å². The molecule has 1 N–H and O–H groups in total. The van der Waals surface area contributed by atoms with E-state index in [1.807, 2.05) is 31.2 Å². The molecule has 0 fully saturated rings. The third-order valence-electron chi connectivity index (χ3n) is 3.91. The van der Waals surface area contributed by atoms with Crippen LogP contribution in [0, 0.1) is 6.92 Å². The van der Waals surface area contributed by atoms with Crippen molar-refractivity contribution in [2.45, 2.75) is 24.5 Å². The van der Waals surface area contributed by atoms with Gasteiger partial charge < -0.3 is 10.1 Å². The quantitative estimate of drug-likeness (QED) is 0.669. The van der Waals surface area contributed by atoms with Crippen LogP contribution in [0.4, 0.5) is 5.69 Å². The molecule has 0 radical (unpaired) electrons. The van der Waals surface area contributed by atoms with Gasteiger partial charge in [0.2, 0.25) is 15.9 Å². The second-order valence-corrected chi connectivity index (χ2v) is 9.51. The van der Waals surface area contributed by atoms with Crippen molar-refractivity contribution in [1.29, 1.82) is 0 Å². The molecule has 0 aliphatic rings. The lowest BCUT2D eigenvalue weighted by molar-refractivity contribution is -0.113. The van der Waals surface area contributed by atoms with E-state index in [9.17, 15) is 13.2 Å². The maximum Gasteiger partial charge on any atom is 0.246 e. The van der Waals surface area contributed by atoms with E-state index in [-0.39, 0.29) is 22.3 Å². The number of benzene rings is 2. The molecule has 6 nitrogen and oxygen atoms in total. The zero-order chi connectivity index (χ0) is 20.7. The van der Waals surface area contributed by atoms with E-state index in [1.165, 1.54) is 37.5 Å². The van der Waals surface area contributed by atoms with Gasteiger partial charge in [0.05, 0.1) is 12.4 Å². The first-order chi connectivity index (χ1) is 13.2. The van der Waals surface area contributed by atoms with Gasteiger partial charge in [-0.1, -0.05) is 29.8 Å². The smallest absolute Gasteiger partial charge is 0.246 e. The molecule has 2 aromatic rings. The minimum Gasteiger partial charge on any atom is -0.492 e. The second kappa shape index (κ2) is 9.95. The number of amides is 1. The van der Waals surface area contributed by atoms with Crippen molar-refractivity contribution >= 4 is 33.4 Å². The number of thioether (sulfide) groups is 1. The Kier molecular flexibility index (Phi) is 7.91. The predicted molar refractivity (Wildman–Crippen MR) is 114 cm³/mol. The number of sulfonamides is 1. The number of nitrogens with one attached hydrogen (secondary N) is 1. The van der Waals surface area contributed by atoms with Gasteiger partial charge in [0.15, 0.2) is 0 Å². The van der Waals surface area contributed by atoms with Crippen LogP contribution in [0.15, 0.2) is 47.4 Å². The predicted octanol–water partition coefficient (Wildman–Crippen LogP) is 3.52. The third kappa shape index (κ3) is 5.98. The standard InChI is InChI=1S/C20H26N2O4S2/c1-5-26-18-11-10-17(12-19(18)28(24,25)22(3)4)21-20(23)14-27-13-16-8-6-15(2)7-9-16/h6-12H,5,13-14H2,1-4H3,(H,21,23). The number of aryl methyl sites for hydroxylation is 1. The third-order valence-corrected chi connectivity index (χ3v) is 6.75. The monoisotopic (exact) mass is 422 g/mol. The Morgan fingerprint density at radius 1 is 1.14 bits per heavy atom. The normalized spacial score (nSPS) is 11.5. The fourth-order valence-electron chi connectivity index (χ4n) is 2.40. The molecule has 0 saturated heterocycles. The lowest BCUT2D eigenvalue weighted by Gasteiger charge is -2.16. The zero-order valence-electron chi connectivity index (χ0n) is 16.6. The summed E-state index contributed by atoms with van der Waals surface area (Å²) in [5.41, 5.74) is 2.78. The highest BCUT2D eigenvalue weighted by molar-refractivity contribution is 7.99. The van der Waals surface area contributed by atoms with Crippen LogP contribution >= 0.6 is 11.8 Å². The highest BCUT2D eigenvalue weighted by atomic mass is 32.2. The molecule has 0 saturated carbocycles. The average molecular weight is 423 g/mol. The van der Waals surface area contributed by atoms with E-state index in [0.717, 1.165) is 15.6 Å². The van der Waals surface area contributed by atoms with E-state index in [0.29, 0.717) is 12.3 Å². The van der Waals surface area contributed by atoms with Gasteiger partial charge in [0, 0.05) is 25.5 Å². The van der Waals surface area contributed by atoms with Crippen molar-refractivity contribution in [2.24, 2.45) is 0 Å². The highest BCUT2D eigenvalue weighted by Crippen LogP contribution is 2.29. The van der Waals surface area contributed by atoms with Gasteiger partial charge in [-0.15, -0.1) is 11.8 Å². The molecule has 0 bridgehead atoms. The van der Waals surface area contributed by atoms with Crippen molar-refractivity contribution in [3.63, 3.8) is 0 Å². The topological polar surface area (TPSA) is 75.7 Å². The van der Waals surface area contributed by atoms with E-state index in [4.69, 9.17) is 4.74 Å². The summed E-state index contributed by atoms with van der Waals surface area (Å²) in [5.74, 6) is 1.09. The minimum absolute atomic E-state index is 0.0319. The number of anilines is 1. The summed E-state index contributed by atoms with van der Waals surface area (Å²) in [6, 6.07) is 12.8. The van der Waals surface area contributed by atoms with Crippen molar-refractivity contribution in [3.8, 4) is 5.75 Å². The SMILES string of the molecule is CCOc1ccc(NC(=O)CSCc2ccc(C)cc2)cc1S(=O)(=O)N(C)C. The molecule has 2 rings (SSSR count). The number of hydrogen-bond acceptors (Lipinski definition) is 5. The van der Waals surface area contributed by atoms with Crippen LogP contribution in [0.5, 0.6) is 5.75 Å². The van der Waals surface area contributed by atoms with Crippen LogP contribution in [0.1, 0.15) is 18.1 Å². The van der Waals surface area contributed by atoms with Crippen LogP contribution in [-0.2, 0) is 20.6 Å². The molecule has 0 heterocycles. The van der Waals surface area contributed by atoms with E-state index in [2.05, 4.69) is 5.32 Å². The minimum atomic E-state index is -3.69. The number of rotatable bonds is 9. The Bertz CT molecular complexity index is 910. The summed E-state index contributed by atoms with van der Waals surface area (Å²) < 4.78 is 31.6. The molecule has 0 aliphatic heterocycles. The highest BCUT2D eigenvalue weighted by Gasteiger charge is 2.23. The Hall–Kier alpha value is -2.03. The molecule has 152 valence electrons. The summed E-state index contributed by atoms with van der Waals surface area (Å²) in [7, 11) is -0.780. The zero-order valence-corrected chi connectivity index (χ0v) is 18.2. The average Bonchev–Trinajstić information content (AvgIpc) is 2.64. The summed E-state index contributed by atoms with van der Waals surface area (Å²) in [6.45, 7) is 4.16. The van der Waals surface area contributed by atoms with Gasteiger partial charge in [-0.05, 0) is 37.6 Å². The fraction of sp³-hybridized carbons (Fsp3) is 0.350. The van der Waals surface area contributed by atoms with Gasteiger partial charge in [-0.3, -0.25) is 4.79 Å². The summed E-state index contributed by atoms with van der Waals surface area (Å²) in [5, 5.41) is 2.76. The number of carbonyl (C=O) groups excluding carboxylic acids is 1. The van der Waals surface area contributed by atoms with Crippen LogP contribution in [0.25, 0.3) is 0 Å². The molecule has 1 amide bonds. The maximum absolute atomic E-state index is 12.5. The second-order valence-electron chi connectivity index (χ2n) is 6.41. The summed E-state index contributed by atoms with van der Waals surface area (Å²) in [4.78, 5) is 12.3. The summed E-state index contributed by atoms with van der Waals surface area (Å²) >= 11 is 1.50. The lowest BCUT2D eigenvalue weighted by Crippen LogP contribution is -2.23. The van der Waals surface area contributed by atoms with Crippen molar-refractivity contribution in [2.75, 3.05) is 31.8 Å². The molecule has 0 aromatic heterocycles. The fourth-order valence-corrected chi connectivity index (χ4v) is 4.24. The Morgan fingerprint density at radius 3 is 2.43 bits per heavy atom. The van der Waals surface area contributed by atoms with Gasteiger partial charge in [-0.25, -0.2) is 12.7 Å². The maximum atomic E-state index is 12.5. The van der Waals surface area contributed by atoms with Crippen LogP contribution in [-0.4, -0.2) is 45.1 Å². The van der Waals surface area contributed by atoms with Gasteiger partial charge in [0.1, 0.15) is 10.6 Å². The molecule has 2 aromatic carbocycles. The lowest BCUT2D eigenvalue weighted by atomic mass is 10.2. The number of carbonyl (C=O) groups is 1. The molecule has 0 spiro atoms. The Labute approximate surface area is 171 Å². The van der Waals surface area contributed by atoms with E-state index >= 15 is 0 Å². The molecule has 28 heavy (non-hydrogen) atoms. The molecule has 0 aliphatic carbocycles. The van der Waals surface area contributed by atoms with Gasteiger partial charge in [0.25, 0.3) is 0 Å². The number of ether oxygens (including phenoxy) is 1. The van der Waals surface area contributed by atoms with Crippen LogP contribution in [0.3, 0.4) is 0 Å². The molecule has 0 atom stereocenters. The molecule has 0 unspecified atom stereocenters. The van der Waals surface area contributed by atoms with Gasteiger partial charge in [-0.2, -0.15) is 0 Å². The van der Waals surface area contributed by atoms with Crippen molar-refractivity contribution < 1.29 is 17.9 Å². The van der Waals surface area contributed by atoms with Gasteiger partial charge >= 0.3 is 0 Å².